The molecule has 12 heavy (non-hydrogen) atoms. The highest BCUT2D eigenvalue weighted by Gasteiger charge is 2.31. The van der Waals surface area contributed by atoms with Gasteiger partial charge in [-0.3, -0.25) is 0 Å². The first kappa shape index (κ1) is 9.96. The molecule has 0 spiro atoms. The van der Waals surface area contributed by atoms with Crippen LogP contribution >= 0.6 is 0 Å². The molecule has 0 radical (unpaired) electrons. The fraction of sp³-hybridized carbons (Fsp3) is 1.00. The van der Waals surface area contributed by atoms with Crippen LogP contribution in [0.2, 0.25) is 0 Å². The van der Waals surface area contributed by atoms with Crippen LogP contribution in [-0.2, 0) is 4.74 Å². The summed E-state index contributed by atoms with van der Waals surface area (Å²) in [4.78, 5) is 0. The van der Waals surface area contributed by atoms with Crippen LogP contribution in [0.3, 0.4) is 0 Å². The van der Waals surface area contributed by atoms with Crippen molar-refractivity contribution in [2.75, 3.05) is 20.2 Å². The highest BCUT2D eigenvalue weighted by atomic mass is 16.5. The monoisotopic (exact) mass is 172 g/mol. The maximum Gasteiger partial charge on any atom is 0.0667 e. The molecule has 1 fully saturated rings. The molecular formula is C9H20N2O. The molecule has 0 aromatic rings. The van der Waals surface area contributed by atoms with Crippen LogP contribution in [-0.4, -0.2) is 31.8 Å². The van der Waals surface area contributed by atoms with Gasteiger partial charge in [0, 0.05) is 25.7 Å². The molecule has 0 amide bonds. The Morgan fingerprint density at radius 3 is 2.67 bits per heavy atom. The van der Waals surface area contributed by atoms with Crippen molar-refractivity contribution in [1.82, 2.24) is 5.32 Å². The number of hydrogen-bond donors (Lipinski definition) is 2. The molecule has 0 saturated heterocycles. The van der Waals surface area contributed by atoms with E-state index in [1.807, 2.05) is 0 Å². The number of rotatable bonds is 5. The normalized spacial score (nSPS) is 23.2. The van der Waals surface area contributed by atoms with Crippen molar-refractivity contribution in [3.63, 3.8) is 0 Å². The number of methoxy groups -OCH3 is 1. The highest BCUT2D eigenvalue weighted by Crippen LogP contribution is 2.27. The van der Waals surface area contributed by atoms with Gasteiger partial charge in [-0.2, -0.15) is 0 Å². The van der Waals surface area contributed by atoms with Crippen LogP contribution in [0.1, 0.15) is 26.2 Å². The smallest absolute Gasteiger partial charge is 0.0667 e. The van der Waals surface area contributed by atoms with Crippen molar-refractivity contribution >= 4 is 0 Å². The van der Waals surface area contributed by atoms with Gasteiger partial charge in [0.25, 0.3) is 0 Å². The molecule has 1 atom stereocenters. The average Bonchev–Trinajstić information content (AvgIpc) is 2.01. The number of hydrogen-bond acceptors (Lipinski definition) is 3. The minimum atomic E-state index is 0.0907. The summed E-state index contributed by atoms with van der Waals surface area (Å²) < 4.78 is 5.11. The van der Waals surface area contributed by atoms with Gasteiger partial charge >= 0.3 is 0 Å². The maximum absolute atomic E-state index is 6.03. The Bertz CT molecular complexity index is 134. The summed E-state index contributed by atoms with van der Waals surface area (Å²) in [5, 5.41) is 3.33. The quantitative estimate of drug-likeness (QED) is 0.634. The molecule has 1 aliphatic rings. The van der Waals surface area contributed by atoms with Gasteiger partial charge in [0.2, 0.25) is 0 Å². The zero-order chi connectivity index (χ0) is 9.03. The summed E-state index contributed by atoms with van der Waals surface area (Å²) in [6, 6.07) is 0. The minimum absolute atomic E-state index is 0.0907. The Kier molecular flexibility index (Phi) is 3.50. The van der Waals surface area contributed by atoms with E-state index in [1.54, 1.807) is 7.11 Å². The molecule has 1 aliphatic carbocycles. The molecule has 0 aliphatic heterocycles. The van der Waals surface area contributed by atoms with Crippen LogP contribution in [0, 0.1) is 0 Å². The van der Waals surface area contributed by atoms with Crippen molar-refractivity contribution in [2.24, 2.45) is 5.73 Å². The summed E-state index contributed by atoms with van der Waals surface area (Å²) in [5.74, 6) is 0. The van der Waals surface area contributed by atoms with Crippen molar-refractivity contribution in [1.29, 1.82) is 0 Å². The Balaban J connectivity index is 2.01. The zero-order valence-electron chi connectivity index (χ0n) is 8.10. The average molecular weight is 172 g/mol. The van der Waals surface area contributed by atoms with E-state index >= 15 is 0 Å². The van der Waals surface area contributed by atoms with Gasteiger partial charge in [-0.1, -0.05) is 0 Å². The third-order valence-corrected chi connectivity index (χ3v) is 2.66. The first-order valence-corrected chi connectivity index (χ1v) is 4.69. The van der Waals surface area contributed by atoms with Crippen molar-refractivity contribution in [2.45, 2.75) is 37.8 Å². The van der Waals surface area contributed by atoms with E-state index in [9.17, 15) is 0 Å². The van der Waals surface area contributed by atoms with Crippen molar-refractivity contribution in [3.8, 4) is 0 Å². The van der Waals surface area contributed by atoms with E-state index in [4.69, 9.17) is 10.5 Å². The first-order chi connectivity index (χ1) is 5.66. The Morgan fingerprint density at radius 2 is 2.25 bits per heavy atom. The molecule has 0 aromatic heterocycles. The van der Waals surface area contributed by atoms with Crippen molar-refractivity contribution in [3.05, 3.63) is 0 Å². The molecule has 0 bridgehead atoms. The number of ether oxygens (including phenoxy) is 1. The number of nitrogens with one attached hydrogen (secondary N) is 1. The van der Waals surface area contributed by atoms with Crippen molar-refractivity contribution < 1.29 is 4.74 Å². The van der Waals surface area contributed by atoms with Crippen LogP contribution in [0.4, 0.5) is 0 Å². The van der Waals surface area contributed by atoms with Gasteiger partial charge in [-0.15, -0.1) is 0 Å². The highest BCUT2D eigenvalue weighted by molar-refractivity contribution is 4.94. The number of nitrogens with two attached hydrogens (primary N) is 1. The van der Waals surface area contributed by atoms with Crippen LogP contribution in [0.5, 0.6) is 0 Å². The van der Waals surface area contributed by atoms with Crippen LogP contribution < -0.4 is 11.1 Å². The lowest BCUT2D eigenvalue weighted by atomic mass is 9.78. The molecular weight excluding hydrogens is 152 g/mol. The van der Waals surface area contributed by atoms with Crippen LogP contribution in [0.15, 0.2) is 0 Å². The van der Waals surface area contributed by atoms with Gasteiger partial charge in [0.05, 0.1) is 6.10 Å². The minimum Gasteiger partial charge on any atom is -0.380 e. The molecule has 1 rings (SSSR count). The molecule has 1 saturated carbocycles. The second-order valence-corrected chi connectivity index (χ2v) is 3.89. The fourth-order valence-corrected chi connectivity index (χ4v) is 1.42. The molecule has 0 aromatic carbocycles. The molecule has 3 heteroatoms. The van der Waals surface area contributed by atoms with E-state index in [0.717, 1.165) is 13.1 Å². The second kappa shape index (κ2) is 4.21. The Hall–Kier alpha value is -0.120. The predicted molar refractivity (Wildman–Crippen MR) is 50.1 cm³/mol. The third-order valence-electron chi connectivity index (χ3n) is 2.66. The lowest BCUT2D eigenvalue weighted by Gasteiger charge is -2.38. The molecule has 3 N–H and O–H groups in total. The molecule has 1 unspecified atom stereocenters. The van der Waals surface area contributed by atoms with Gasteiger partial charge in [0.15, 0.2) is 0 Å². The standard InChI is InChI=1S/C9H20N2O/c1-8(12-2)6-11-7-9(10)4-3-5-9/h8,11H,3-7,10H2,1-2H3. The summed E-state index contributed by atoms with van der Waals surface area (Å²) in [6.07, 6.45) is 3.91. The summed E-state index contributed by atoms with van der Waals surface area (Å²) in [7, 11) is 1.73. The summed E-state index contributed by atoms with van der Waals surface area (Å²) >= 11 is 0. The van der Waals surface area contributed by atoms with E-state index in [0.29, 0.717) is 0 Å². The molecule has 72 valence electrons. The summed E-state index contributed by atoms with van der Waals surface area (Å²) in [6.45, 7) is 3.88. The van der Waals surface area contributed by atoms with E-state index in [2.05, 4.69) is 12.2 Å². The third kappa shape index (κ3) is 2.73. The van der Waals surface area contributed by atoms with E-state index in [-0.39, 0.29) is 11.6 Å². The predicted octanol–water partition coefficient (Wildman–Crippen LogP) is 0.492. The largest absolute Gasteiger partial charge is 0.380 e. The first-order valence-electron chi connectivity index (χ1n) is 4.69. The summed E-state index contributed by atoms with van der Waals surface area (Å²) in [5.41, 5.74) is 6.12. The molecule has 0 heterocycles. The maximum atomic E-state index is 6.03. The molecule has 3 nitrogen and oxygen atoms in total. The topological polar surface area (TPSA) is 47.3 Å². The van der Waals surface area contributed by atoms with Gasteiger partial charge in [-0.05, 0) is 26.2 Å². The Morgan fingerprint density at radius 1 is 1.58 bits per heavy atom. The van der Waals surface area contributed by atoms with Gasteiger partial charge < -0.3 is 15.8 Å². The van der Waals surface area contributed by atoms with E-state index < -0.39 is 0 Å². The van der Waals surface area contributed by atoms with E-state index in [1.165, 1.54) is 19.3 Å². The lowest BCUT2D eigenvalue weighted by molar-refractivity contribution is 0.112. The Labute approximate surface area is 74.7 Å². The fourth-order valence-electron chi connectivity index (χ4n) is 1.42. The van der Waals surface area contributed by atoms with Gasteiger partial charge in [0.1, 0.15) is 0 Å². The zero-order valence-corrected chi connectivity index (χ0v) is 8.10. The second-order valence-electron chi connectivity index (χ2n) is 3.89. The van der Waals surface area contributed by atoms with Crippen LogP contribution in [0.25, 0.3) is 0 Å². The van der Waals surface area contributed by atoms with Gasteiger partial charge in [-0.25, -0.2) is 0 Å². The SMILES string of the molecule is COC(C)CNCC1(N)CCC1. The lowest BCUT2D eigenvalue weighted by Crippen LogP contribution is -2.54.